The SMILES string of the molecule is CC(C)C(N)COc1ccc(Br)cc1. The minimum atomic E-state index is 0.0960. The Bertz CT molecular complexity index is 271. The lowest BCUT2D eigenvalue weighted by atomic mass is 10.1. The first-order chi connectivity index (χ1) is 6.59. The lowest BCUT2D eigenvalue weighted by Crippen LogP contribution is -2.32. The molecule has 78 valence electrons. The zero-order chi connectivity index (χ0) is 10.6. The van der Waals surface area contributed by atoms with Gasteiger partial charge >= 0.3 is 0 Å². The molecule has 0 bridgehead atoms. The van der Waals surface area contributed by atoms with Crippen molar-refractivity contribution in [3.63, 3.8) is 0 Å². The first-order valence-corrected chi connectivity index (χ1v) is 5.53. The summed E-state index contributed by atoms with van der Waals surface area (Å²) in [7, 11) is 0. The maximum Gasteiger partial charge on any atom is 0.119 e. The topological polar surface area (TPSA) is 35.2 Å². The maximum absolute atomic E-state index is 5.86. The van der Waals surface area contributed by atoms with Gasteiger partial charge in [-0.15, -0.1) is 0 Å². The predicted octanol–water partition coefficient (Wildman–Crippen LogP) is 2.81. The van der Waals surface area contributed by atoms with Crippen LogP contribution in [0.5, 0.6) is 5.75 Å². The molecule has 0 saturated heterocycles. The van der Waals surface area contributed by atoms with Crippen LogP contribution >= 0.6 is 15.9 Å². The quantitative estimate of drug-likeness (QED) is 0.901. The van der Waals surface area contributed by atoms with Gasteiger partial charge in [0, 0.05) is 10.5 Å². The van der Waals surface area contributed by atoms with Crippen LogP contribution in [0.3, 0.4) is 0 Å². The van der Waals surface area contributed by atoms with Crippen molar-refractivity contribution in [1.82, 2.24) is 0 Å². The second-order valence-corrected chi connectivity index (χ2v) is 4.59. The highest BCUT2D eigenvalue weighted by Crippen LogP contribution is 2.16. The van der Waals surface area contributed by atoms with E-state index in [0.29, 0.717) is 12.5 Å². The van der Waals surface area contributed by atoms with Gasteiger partial charge in [0.2, 0.25) is 0 Å². The molecular formula is C11H16BrNO. The minimum absolute atomic E-state index is 0.0960. The van der Waals surface area contributed by atoms with Gasteiger partial charge in [0.1, 0.15) is 12.4 Å². The third kappa shape index (κ3) is 3.68. The molecule has 0 aromatic heterocycles. The van der Waals surface area contributed by atoms with Crippen LogP contribution in [0, 0.1) is 5.92 Å². The normalized spacial score (nSPS) is 12.9. The summed E-state index contributed by atoms with van der Waals surface area (Å²) in [5, 5.41) is 0. The highest BCUT2D eigenvalue weighted by molar-refractivity contribution is 9.10. The van der Waals surface area contributed by atoms with Gasteiger partial charge in [-0.25, -0.2) is 0 Å². The summed E-state index contributed by atoms with van der Waals surface area (Å²) in [4.78, 5) is 0. The lowest BCUT2D eigenvalue weighted by Gasteiger charge is -2.16. The van der Waals surface area contributed by atoms with E-state index >= 15 is 0 Å². The van der Waals surface area contributed by atoms with Gasteiger partial charge in [-0.2, -0.15) is 0 Å². The largest absolute Gasteiger partial charge is 0.492 e. The van der Waals surface area contributed by atoms with E-state index in [2.05, 4.69) is 29.8 Å². The molecule has 1 atom stereocenters. The van der Waals surface area contributed by atoms with Crippen molar-refractivity contribution < 1.29 is 4.74 Å². The monoisotopic (exact) mass is 257 g/mol. The molecule has 14 heavy (non-hydrogen) atoms. The Morgan fingerprint density at radius 2 is 1.86 bits per heavy atom. The molecule has 3 heteroatoms. The molecule has 2 N–H and O–H groups in total. The number of benzene rings is 1. The molecule has 1 unspecified atom stereocenters. The average Bonchev–Trinajstić information content (AvgIpc) is 2.16. The van der Waals surface area contributed by atoms with Crippen LogP contribution in [0.2, 0.25) is 0 Å². The maximum atomic E-state index is 5.86. The Labute approximate surface area is 93.6 Å². The Balaban J connectivity index is 2.42. The van der Waals surface area contributed by atoms with Crippen molar-refractivity contribution in [2.75, 3.05) is 6.61 Å². The summed E-state index contributed by atoms with van der Waals surface area (Å²) >= 11 is 3.37. The van der Waals surface area contributed by atoms with E-state index in [-0.39, 0.29) is 6.04 Å². The number of hydrogen-bond donors (Lipinski definition) is 1. The zero-order valence-electron chi connectivity index (χ0n) is 8.53. The highest BCUT2D eigenvalue weighted by atomic mass is 79.9. The lowest BCUT2D eigenvalue weighted by molar-refractivity contribution is 0.259. The fourth-order valence-corrected chi connectivity index (χ4v) is 1.18. The van der Waals surface area contributed by atoms with E-state index in [9.17, 15) is 0 Å². The van der Waals surface area contributed by atoms with Crippen LogP contribution in [0.4, 0.5) is 0 Å². The van der Waals surface area contributed by atoms with Gasteiger partial charge in [0.15, 0.2) is 0 Å². The Morgan fingerprint density at radius 3 is 2.36 bits per heavy atom. The molecule has 0 amide bonds. The molecule has 1 rings (SSSR count). The second kappa shape index (κ2) is 5.37. The second-order valence-electron chi connectivity index (χ2n) is 3.67. The highest BCUT2D eigenvalue weighted by Gasteiger charge is 2.07. The molecule has 1 aromatic rings. The summed E-state index contributed by atoms with van der Waals surface area (Å²) in [6, 6.07) is 7.86. The zero-order valence-corrected chi connectivity index (χ0v) is 10.1. The molecule has 0 spiro atoms. The van der Waals surface area contributed by atoms with Crippen LogP contribution in [-0.4, -0.2) is 12.6 Å². The van der Waals surface area contributed by atoms with Gasteiger partial charge < -0.3 is 10.5 Å². The van der Waals surface area contributed by atoms with Gasteiger partial charge in [-0.05, 0) is 30.2 Å². The number of nitrogens with two attached hydrogens (primary N) is 1. The van der Waals surface area contributed by atoms with Crippen LogP contribution < -0.4 is 10.5 Å². The van der Waals surface area contributed by atoms with E-state index in [0.717, 1.165) is 10.2 Å². The number of rotatable bonds is 4. The summed E-state index contributed by atoms with van der Waals surface area (Å²) in [6.07, 6.45) is 0. The van der Waals surface area contributed by atoms with Gasteiger partial charge in [-0.1, -0.05) is 29.8 Å². The first-order valence-electron chi connectivity index (χ1n) is 4.73. The van der Waals surface area contributed by atoms with Crippen LogP contribution in [0.1, 0.15) is 13.8 Å². The van der Waals surface area contributed by atoms with Crippen molar-refractivity contribution in [2.45, 2.75) is 19.9 Å². The molecule has 1 aromatic carbocycles. The number of halogens is 1. The van der Waals surface area contributed by atoms with Crippen molar-refractivity contribution in [2.24, 2.45) is 11.7 Å². The van der Waals surface area contributed by atoms with Gasteiger partial charge in [-0.3, -0.25) is 0 Å². The first kappa shape index (κ1) is 11.5. The third-order valence-electron chi connectivity index (χ3n) is 2.11. The fraction of sp³-hybridized carbons (Fsp3) is 0.455. The van der Waals surface area contributed by atoms with Crippen molar-refractivity contribution in [3.8, 4) is 5.75 Å². The van der Waals surface area contributed by atoms with E-state index in [4.69, 9.17) is 10.5 Å². The van der Waals surface area contributed by atoms with Gasteiger partial charge in [0.25, 0.3) is 0 Å². The Hall–Kier alpha value is -0.540. The summed E-state index contributed by atoms with van der Waals surface area (Å²) < 4.78 is 6.59. The molecule has 2 nitrogen and oxygen atoms in total. The predicted molar refractivity (Wildman–Crippen MR) is 62.5 cm³/mol. The average molecular weight is 258 g/mol. The molecule has 0 fully saturated rings. The standard InChI is InChI=1S/C11H16BrNO/c1-8(2)11(13)7-14-10-5-3-9(12)4-6-10/h3-6,8,11H,7,13H2,1-2H3. The number of hydrogen-bond acceptors (Lipinski definition) is 2. The summed E-state index contributed by atoms with van der Waals surface area (Å²) in [5.41, 5.74) is 5.86. The van der Waals surface area contributed by atoms with Crippen molar-refractivity contribution in [3.05, 3.63) is 28.7 Å². The molecule has 0 aliphatic carbocycles. The fourth-order valence-electron chi connectivity index (χ4n) is 0.916. The third-order valence-corrected chi connectivity index (χ3v) is 2.64. The van der Waals surface area contributed by atoms with Crippen LogP contribution in [0.25, 0.3) is 0 Å². The van der Waals surface area contributed by atoms with Crippen molar-refractivity contribution in [1.29, 1.82) is 0 Å². The van der Waals surface area contributed by atoms with E-state index < -0.39 is 0 Å². The van der Waals surface area contributed by atoms with E-state index in [1.165, 1.54) is 0 Å². The van der Waals surface area contributed by atoms with E-state index in [1.54, 1.807) is 0 Å². The van der Waals surface area contributed by atoms with Gasteiger partial charge in [0.05, 0.1) is 0 Å². The molecule has 0 saturated carbocycles. The Morgan fingerprint density at radius 1 is 1.29 bits per heavy atom. The van der Waals surface area contributed by atoms with E-state index in [1.807, 2.05) is 24.3 Å². The summed E-state index contributed by atoms with van der Waals surface area (Å²) in [5.74, 6) is 1.31. The van der Waals surface area contributed by atoms with Crippen molar-refractivity contribution >= 4 is 15.9 Å². The molecule has 0 heterocycles. The van der Waals surface area contributed by atoms with Crippen LogP contribution in [-0.2, 0) is 0 Å². The molecule has 0 aliphatic heterocycles. The summed E-state index contributed by atoms with van der Waals surface area (Å²) in [6.45, 7) is 4.75. The number of ether oxygens (including phenoxy) is 1. The molecule has 0 radical (unpaired) electrons. The molecular weight excluding hydrogens is 242 g/mol. The smallest absolute Gasteiger partial charge is 0.119 e. The molecule has 0 aliphatic rings. The van der Waals surface area contributed by atoms with Crippen LogP contribution in [0.15, 0.2) is 28.7 Å². The minimum Gasteiger partial charge on any atom is -0.492 e. The Kier molecular flexibility index (Phi) is 4.42.